The van der Waals surface area contributed by atoms with E-state index in [1.54, 1.807) is 6.26 Å². The quantitative estimate of drug-likeness (QED) is 0.685. The molecule has 0 spiro atoms. The first-order chi connectivity index (χ1) is 7.95. The lowest BCUT2D eigenvalue weighted by Gasteiger charge is -2.11. The van der Waals surface area contributed by atoms with Crippen LogP contribution in [0.2, 0.25) is 0 Å². The van der Waals surface area contributed by atoms with Crippen LogP contribution in [0.4, 0.5) is 0 Å². The van der Waals surface area contributed by atoms with Crippen LogP contribution in [-0.2, 0) is 4.74 Å². The SMILES string of the molecule is C1=COC=C(c2cccc3ccccc23)C1. The molecule has 0 radical (unpaired) electrons. The van der Waals surface area contributed by atoms with Crippen LogP contribution in [0.15, 0.2) is 61.1 Å². The summed E-state index contributed by atoms with van der Waals surface area (Å²) in [5, 5.41) is 2.56. The third-order valence-electron chi connectivity index (χ3n) is 2.86. The minimum Gasteiger partial charge on any atom is -0.473 e. The molecule has 1 heteroatoms. The highest BCUT2D eigenvalue weighted by molar-refractivity contribution is 5.93. The van der Waals surface area contributed by atoms with Crippen molar-refractivity contribution in [1.29, 1.82) is 0 Å². The Morgan fingerprint density at radius 3 is 2.69 bits per heavy atom. The van der Waals surface area contributed by atoms with Crippen LogP contribution in [0.1, 0.15) is 12.0 Å². The summed E-state index contributed by atoms with van der Waals surface area (Å²) in [4.78, 5) is 0. The van der Waals surface area contributed by atoms with Crippen molar-refractivity contribution >= 4 is 16.3 Å². The van der Waals surface area contributed by atoms with Crippen molar-refractivity contribution in [3.63, 3.8) is 0 Å². The fourth-order valence-electron chi connectivity index (χ4n) is 2.08. The lowest BCUT2D eigenvalue weighted by atomic mass is 9.97. The highest BCUT2D eigenvalue weighted by atomic mass is 16.5. The van der Waals surface area contributed by atoms with Crippen LogP contribution in [0.3, 0.4) is 0 Å². The van der Waals surface area contributed by atoms with E-state index >= 15 is 0 Å². The maximum atomic E-state index is 5.24. The Balaban J connectivity index is 2.20. The van der Waals surface area contributed by atoms with Crippen molar-refractivity contribution in [3.05, 3.63) is 66.6 Å². The standard InChI is InChI=1S/C15H12O/c1-2-8-14-12(5-1)6-3-9-15(14)13-7-4-10-16-11-13/h1-6,8-11H,7H2. The Kier molecular flexibility index (Phi) is 2.22. The van der Waals surface area contributed by atoms with Gasteiger partial charge in [0.05, 0.1) is 12.5 Å². The second kappa shape index (κ2) is 3.86. The van der Waals surface area contributed by atoms with Crippen molar-refractivity contribution in [2.45, 2.75) is 6.42 Å². The molecule has 0 amide bonds. The predicted octanol–water partition coefficient (Wildman–Crippen LogP) is 4.11. The molecule has 0 saturated heterocycles. The molecule has 0 fully saturated rings. The monoisotopic (exact) mass is 208 g/mol. The molecular weight excluding hydrogens is 196 g/mol. The van der Waals surface area contributed by atoms with Gasteiger partial charge in [0.2, 0.25) is 0 Å². The highest BCUT2D eigenvalue weighted by Crippen LogP contribution is 2.28. The molecule has 0 aliphatic carbocycles. The predicted molar refractivity (Wildman–Crippen MR) is 66.8 cm³/mol. The van der Waals surface area contributed by atoms with E-state index in [9.17, 15) is 0 Å². The van der Waals surface area contributed by atoms with Gasteiger partial charge in [-0.3, -0.25) is 0 Å². The lowest BCUT2D eigenvalue weighted by molar-refractivity contribution is 0.397. The van der Waals surface area contributed by atoms with Crippen LogP contribution >= 0.6 is 0 Å². The van der Waals surface area contributed by atoms with E-state index in [0.29, 0.717) is 0 Å². The molecule has 3 rings (SSSR count). The van der Waals surface area contributed by atoms with Gasteiger partial charge < -0.3 is 4.74 Å². The zero-order chi connectivity index (χ0) is 10.8. The minimum absolute atomic E-state index is 0.938. The van der Waals surface area contributed by atoms with Gasteiger partial charge in [-0.15, -0.1) is 0 Å². The number of fused-ring (bicyclic) bond motifs is 1. The van der Waals surface area contributed by atoms with Crippen LogP contribution in [0.5, 0.6) is 0 Å². The van der Waals surface area contributed by atoms with E-state index in [-0.39, 0.29) is 0 Å². The highest BCUT2D eigenvalue weighted by Gasteiger charge is 2.07. The van der Waals surface area contributed by atoms with Gasteiger partial charge in [0.25, 0.3) is 0 Å². The summed E-state index contributed by atoms with van der Waals surface area (Å²) in [6.45, 7) is 0. The zero-order valence-electron chi connectivity index (χ0n) is 8.89. The second-order valence-electron chi connectivity index (χ2n) is 3.88. The summed E-state index contributed by atoms with van der Waals surface area (Å²) in [6.07, 6.45) is 6.54. The molecule has 2 aromatic carbocycles. The Bertz CT molecular complexity index is 574. The third-order valence-corrected chi connectivity index (χ3v) is 2.86. The first-order valence-corrected chi connectivity index (χ1v) is 5.43. The maximum Gasteiger partial charge on any atom is 0.0942 e. The average molecular weight is 208 g/mol. The molecule has 0 N–H and O–H groups in total. The summed E-state index contributed by atoms with van der Waals surface area (Å²) >= 11 is 0. The summed E-state index contributed by atoms with van der Waals surface area (Å²) in [5.74, 6) is 0. The molecule has 0 bridgehead atoms. The Morgan fingerprint density at radius 2 is 1.81 bits per heavy atom. The zero-order valence-corrected chi connectivity index (χ0v) is 8.89. The molecule has 1 aliphatic heterocycles. The molecule has 1 nitrogen and oxygen atoms in total. The smallest absolute Gasteiger partial charge is 0.0942 e. The second-order valence-corrected chi connectivity index (χ2v) is 3.88. The van der Waals surface area contributed by atoms with Crippen LogP contribution in [0, 0.1) is 0 Å². The van der Waals surface area contributed by atoms with Gasteiger partial charge >= 0.3 is 0 Å². The van der Waals surface area contributed by atoms with Gasteiger partial charge in [0.15, 0.2) is 0 Å². The molecule has 1 heterocycles. The molecule has 78 valence electrons. The first kappa shape index (κ1) is 9.22. The summed E-state index contributed by atoms with van der Waals surface area (Å²) in [5.41, 5.74) is 2.50. The normalized spacial score (nSPS) is 14.6. The van der Waals surface area contributed by atoms with Crippen molar-refractivity contribution in [2.24, 2.45) is 0 Å². The van der Waals surface area contributed by atoms with E-state index in [2.05, 4.69) is 42.5 Å². The van der Waals surface area contributed by atoms with Crippen LogP contribution in [-0.4, -0.2) is 0 Å². The third kappa shape index (κ3) is 1.50. The van der Waals surface area contributed by atoms with Gasteiger partial charge in [0.1, 0.15) is 0 Å². The van der Waals surface area contributed by atoms with E-state index in [0.717, 1.165) is 6.42 Å². The molecule has 1 aliphatic rings. The number of rotatable bonds is 1. The van der Waals surface area contributed by atoms with E-state index in [4.69, 9.17) is 4.74 Å². The summed E-state index contributed by atoms with van der Waals surface area (Å²) < 4.78 is 5.24. The lowest BCUT2D eigenvalue weighted by Crippen LogP contribution is -1.90. The number of ether oxygens (including phenoxy) is 1. The van der Waals surface area contributed by atoms with Crippen molar-refractivity contribution in [3.8, 4) is 0 Å². The van der Waals surface area contributed by atoms with Crippen molar-refractivity contribution in [2.75, 3.05) is 0 Å². The topological polar surface area (TPSA) is 9.23 Å². The van der Waals surface area contributed by atoms with Crippen molar-refractivity contribution < 1.29 is 4.74 Å². The van der Waals surface area contributed by atoms with Gasteiger partial charge in [-0.1, -0.05) is 42.5 Å². The molecule has 0 unspecified atom stereocenters. The van der Waals surface area contributed by atoms with E-state index in [1.807, 2.05) is 12.3 Å². The average Bonchev–Trinajstić information content (AvgIpc) is 2.39. The largest absolute Gasteiger partial charge is 0.473 e. The van der Waals surface area contributed by atoms with Crippen molar-refractivity contribution in [1.82, 2.24) is 0 Å². The molecule has 0 aromatic heterocycles. The fraction of sp³-hybridized carbons (Fsp3) is 0.0667. The molecule has 0 saturated carbocycles. The number of hydrogen-bond acceptors (Lipinski definition) is 1. The number of benzene rings is 2. The Hall–Kier alpha value is -2.02. The van der Waals surface area contributed by atoms with E-state index < -0.39 is 0 Å². The number of hydrogen-bond donors (Lipinski definition) is 0. The molecule has 2 aromatic rings. The Labute approximate surface area is 94.7 Å². The summed E-state index contributed by atoms with van der Waals surface area (Å²) in [6, 6.07) is 14.8. The molecule has 0 atom stereocenters. The summed E-state index contributed by atoms with van der Waals surface area (Å²) in [7, 11) is 0. The van der Waals surface area contributed by atoms with Crippen LogP contribution in [0.25, 0.3) is 16.3 Å². The molecule has 16 heavy (non-hydrogen) atoms. The van der Waals surface area contributed by atoms with Gasteiger partial charge in [0, 0.05) is 0 Å². The van der Waals surface area contributed by atoms with Gasteiger partial charge in [-0.25, -0.2) is 0 Å². The first-order valence-electron chi connectivity index (χ1n) is 5.43. The minimum atomic E-state index is 0.938. The number of allylic oxidation sites excluding steroid dienone is 2. The van der Waals surface area contributed by atoms with Crippen LogP contribution < -0.4 is 0 Å². The Morgan fingerprint density at radius 1 is 0.938 bits per heavy atom. The fourth-order valence-corrected chi connectivity index (χ4v) is 2.08. The molecular formula is C15H12O. The van der Waals surface area contributed by atoms with Gasteiger partial charge in [-0.2, -0.15) is 0 Å². The van der Waals surface area contributed by atoms with E-state index in [1.165, 1.54) is 21.9 Å². The maximum absolute atomic E-state index is 5.24. The van der Waals surface area contributed by atoms with Gasteiger partial charge in [-0.05, 0) is 34.4 Å².